The van der Waals surface area contributed by atoms with Gasteiger partial charge in [0.05, 0.1) is 8.07 Å². The molecule has 0 aliphatic heterocycles. The van der Waals surface area contributed by atoms with Crippen LogP contribution in [0.3, 0.4) is 0 Å². The summed E-state index contributed by atoms with van der Waals surface area (Å²) in [6, 6.07) is 9.02. The average molecular weight is 254 g/mol. The lowest BCUT2D eigenvalue weighted by Crippen LogP contribution is -2.16. The van der Waals surface area contributed by atoms with Crippen molar-refractivity contribution in [1.29, 1.82) is 0 Å². The molecule has 0 saturated heterocycles. The Morgan fingerprint density at radius 2 is 1.50 bits per heavy atom. The van der Waals surface area contributed by atoms with Gasteiger partial charge in [0.25, 0.3) is 0 Å². The second-order valence-electron chi connectivity index (χ2n) is 6.63. The lowest BCUT2D eigenvalue weighted by atomic mass is 9.91. The van der Waals surface area contributed by atoms with Crippen LogP contribution < -0.4 is 0 Å². The van der Waals surface area contributed by atoms with Gasteiger partial charge in [0.15, 0.2) is 0 Å². The van der Waals surface area contributed by atoms with E-state index < -0.39 is 8.07 Å². The van der Waals surface area contributed by atoms with Gasteiger partial charge in [-0.15, -0.1) is 0 Å². The van der Waals surface area contributed by atoms with E-state index in [2.05, 4.69) is 49.6 Å². The van der Waals surface area contributed by atoms with E-state index in [0.717, 1.165) is 0 Å². The smallest absolute Gasteiger partial charge is 0.0695 e. The molecule has 0 nitrogen and oxygen atoms in total. The van der Waals surface area contributed by atoms with Crippen LogP contribution in [0.1, 0.15) is 36.8 Å². The summed E-state index contributed by atoms with van der Waals surface area (Å²) in [5.41, 5.74) is 10.5. The molecule has 0 amide bonds. The predicted molar refractivity (Wildman–Crippen MR) is 83.2 cm³/mol. The fourth-order valence-electron chi connectivity index (χ4n) is 3.24. The minimum atomic E-state index is -1.16. The normalized spacial score (nSPS) is 21.2. The van der Waals surface area contributed by atoms with E-state index in [0.29, 0.717) is 0 Å². The van der Waals surface area contributed by atoms with Gasteiger partial charge < -0.3 is 0 Å². The third-order valence-electron chi connectivity index (χ3n) is 3.91. The first-order valence-electron chi connectivity index (χ1n) is 7.11. The van der Waals surface area contributed by atoms with Crippen LogP contribution >= 0.6 is 0 Å². The highest BCUT2D eigenvalue weighted by molar-refractivity contribution is 6.82. The molecule has 0 fully saturated rings. The molecule has 0 heterocycles. The van der Waals surface area contributed by atoms with Gasteiger partial charge >= 0.3 is 0 Å². The lowest BCUT2D eigenvalue weighted by Gasteiger charge is -2.17. The van der Waals surface area contributed by atoms with Gasteiger partial charge in [0, 0.05) is 0 Å². The molecule has 1 aromatic carbocycles. The Labute approximate surface area is 111 Å². The predicted octanol–water partition coefficient (Wildman–Crippen LogP) is 5.29. The number of hydrogen-bond acceptors (Lipinski definition) is 0. The van der Waals surface area contributed by atoms with E-state index in [-0.39, 0.29) is 0 Å². The third kappa shape index (κ3) is 2.01. The van der Waals surface area contributed by atoms with Crippen molar-refractivity contribution in [2.24, 2.45) is 0 Å². The van der Waals surface area contributed by atoms with E-state index in [4.69, 9.17) is 0 Å². The van der Waals surface area contributed by atoms with Gasteiger partial charge in [-0.1, -0.05) is 49.6 Å². The van der Waals surface area contributed by atoms with Crippen molar-refractivity contribution in [2.75, 3.05) is 0 Å². The van der Waals surface area contributed by atoms with Gasteiger partial charge in [-0.05, 0) is 53.5 Å². The fourth-order valence-corrected chi connectivity index (χ4v) is 4.44. The van der Waals surface area contributed by atoms with Gasteiger partial charge in [-0.3, -0.25) is 0 Å². The molecule has 0 saturated carbocycles. The van der Waals surface area contributed by atoms with E-state index in [1.807, 2.05) is 0 Å². The number of allylic oxidation sites excluding steroid dienone is 3. The van der Waals surface area contributed by atoms with Crippen molar-refractivity contribution < 1.29 is 0 Å². The van der Waals surface area contributed by atoms with E-state index in [1.165, 1.54) is 36.8 Å². The molecule has 18 heavy (non-hydrogen) atoms. The minimum absolute atomic E-state index is 1.16. The van der Waals surface area contributed by atoms with Gasteiger partial charge in [0.2, 0.25) is 0 Å². The first-order chi connectivity index (χ1) is 8.56. The summed E-state index contributed by atoms with van der Waals surface area (Å²) in [6.07, 6.45) is 5.32. The number of fused-ring (bicyclic) bond motifs is 2. The van der Waals surface area contributed by atoms with Crippen molar-refractivity contribution in [1.82, 2.24) is 0 Å². The molecular weight excluding hydrogens is 232 g/mol. The van der Waals surface area contributed by atoms with Crippen molar-refractivity contribution >= 4 is 19.2 Å². The number of rotatable bonds is 1. The Kier molecular flexibility index (Phi) is 2.82. The summed E-state index contributed by atoms with van der Waals surface area (Å²) < 4.78 is 0. The zero-order valence-corrected chi connectivity index (χ0v) is 12.7. The molecule has 1 aromatic rings. The van der Waals surface area contributed by atoms with Crippen molar-refractivity contribution in [2.45, 2.75) is 45.3 Å². The van der Waals surface area contributed by atoms with Crippen LogP contribution in [0.2, 0.25) is 19.6 Å². The molecule has 1 heteroatoms. The summed E-state index contributed by atoms with van der Waals surface area (Å²) in [6.45, 7) is 7.30. The first-order valence-corrected chi connectivity index (χ1v) is 10.7. The topological polar surface area (TPSA) is 0 Å². The molecule has 0 atom stereocenters. The minimum Gasteiger partial charge on any atom is -0.0870 e. The lowest BCUT2D eigenvalue weighted by molar-refractivity contribution is 0.731. The molecule has 2 aliphatic carbocycles. The SMILES string of the molecule is C[Si](C)(C)/C=C1/C2=C(CCCC2)c2ccccc21. The van der Waals surface area contributed by atoms with Crippen LogP contribution in [-0.2, 0) is 0 Å². The maximum absolute atomic E-state index is 2.61. The molecule has 0 unspecified atom stereocenters. The maximum Gasteiger partial charge on any atom is 0.0695 e. The Morgan fingerprint density at radius 1 is 0.889 bits per heavy atom. The van der Waals surface area contributed by atoms with Crippen LogP contribution in [0, 0.1) is 0 Å². The third-order valence-corrected chi connectivity index (χ3v) is 5.07. The highest BCUT2D eigenvalue weighted by Crippen LogP contribution is 2.48. The van der Waals surface area contributed by atoms with Gasteiger partial charge in [0.1, 0.15) is 0 Å². The molecule has 0 N–H and O–H groups in total. The van der Waals surface area contributed by atoms with E-state index in [1.54, 1.807) is 16.7 Å². The van der Waals surface area contributed by atoms with Crippen molar-refractivity contribution in [3.8, 4) is 0 Å². The molecule has 0 bridgehead atoms. The van der Waals surface area contributed by atoms with Crippen molar-refractivity contribution in [3.05, 3.63) is 46.7 Å². The first kappa shape index (κ1) is 12.0. The highest BCUT2D eigenvalue weighted by Gasteiger charge is 2.28. The average Bonchev–Trinajstić information content (AvgIpc) is 2.64. The van der Waals surface area contributed by atoms with Gasteiger partial charge in [-0.2, -0.15) is 0 Å². The van der Waals surface area contributed by atoms with Crippen LogP contribution in [0.4, 0.5) is 0 Å². The number of benzene rings is 1. The summed E-state index contributed by atoms with van der Waals surface area (Å²) >= 11 is 0. The second kappa shape index (κ2) is 4.24. The largest absolute Gasteiger partial charge is 0.0870 e. The van der Waals surface area contributed by atoms with Crippen LogP contribution in [0.25, 0.3) is 11.1 Å². The molecule has 0 radical (unpaired) electrons. The summed E-state index contributed by atoms with van der Waals surface area (Å²) in [5.74, 6) is 0. The molecule has 0 aromatic heterocycles. The molecule has 94 valence electrons. The quantitative estimate of drug-likeness (QED) is 0.597. The van der Waals surface area contributed by atoms with E-state index in [9.17, 15) is 0 Å². The molecule has 3 rings (SSSR count). The van der Waals surface area contributed by atoms with Crippen molar-refractivity contribution in [3.63, 3.8) is 0 Å². The number of hydrogen-bond donors (Lipinski definition) is 0. The Morgan fingerprint density at radius 3 is 2.17 bits per heavy atom. The molecular formula is C17H22Si. The second-order valence-corrected chi connectivity index (χ2v) is 11.7. The van der Waals surface area contributed by atoms with Crippen LogP contribution in [0.15, 0.2) is 35.5 Å². The summed E-state index contributed by atoms with van der Waals surface area (Å²) in [7, 11) is -1.16. The van der Waals surface area contributed by atoms with E-state index >= 15 is 0 Å². The fraction of sp³-hybridized carbons (Fsp3) is 0.412. The van der Waals surface area contributed by atoms with Crippen LogP contribution in [0.5, 0.6) is 0 Å². The highest BCUT2D eigenvalue weighted by atomic mass is 28.3. The summed E-state index contributed by atoms with van der Waals surface area (Å²) in [5, 5.41) is 0. The Bertz CT molecular complexity index is 541. The zero-order valence-electron chi connectivity index (χ0n) is 11.7. The standard InChI is InChI=1S/C17H22Si/c1-18(2,3)12-17-15-10-6-4-8-13(15)14-9-5-7-11-16(14)17/h4,6,8,10,12H,5,7,9,11H2,1-3H3/b17-12+. The van der Waals surface area contributed by atoms with Crippen LogP contribution in [-0.4, -0.2) is 8.07 Å². The Hall–Kier alpha value is -1.08. The molecule has 2 aliphatic rings. The monoisotopic (exact) mass is 254 g/mol. The summed E-state index contributed by atoms with van der Waals surface area (Å²) in [4.78, 5) is 0. The Balaban J connectivity index is 2.19. The zero-order chi connectivity index (χ0) is 12.8. The molecule has 0 spiro atoms. The van der Waals surface area contributed by atoms with Gasteiger partial charge in [-0.25, -0.2) is 0 Å². The maximum atomic E-state index is 2.61.